The Bertz CT molecular complexity index is 284. The molecule has 1 fully saturated rings. The molecule has 0 radical (unpaired) electrons. The van der Waals surface area contributed by atoms with Gasteiger partial charge < -0.3 is 24.1 Å². The number of aliphatic hydroxyl groups excluding tert-OH is 1. The Morgan fingerprint density at radius 3 is 2.35 bits per heavy atom. The Labute approximate surface area is 99.0 Å². The van der Waals surface area contributed by atoms with Crippen molar-refractivity contribution in [2.45, 2.75) is 30.7 Å². The van der Waals surface area contributed by atoms with Crippen LogP contribution in [0.1, 0.15) is 0 Å². The highest BCUT2D eigenvalue weighted by Crippen LogP contribution is 2.25. The van der Waals surface area contributed by atoms with E-state index in [-0.39, 0.29) is 6.54 Å². The van der Waals surface area contributed by atoms with Gasteiger partial charge in [-0.25, -0.2) is 0 Å². The summed E-state index contributed by atoms with van der Waals surface area (Å²) >= 11 is 0. The van der Waals surface area contributed by atoms with Crippen molar-refractivity contribution in [3.8, 4) is 0 Å². The largest absolute Gasteiger partial charge is 0.388 e. The average molecular weight is 247 g/mol. The molecule has 0 spiro atoms. The second kappa shape index (κ2) is 6.75. The predicted octanol–water partition coefficient (Wildman–Crippen LogP) is 0.0589. The van der Waals surface area contributed by atoms with Gasteiger partial charge >= 0.3 is 0 Å². The molecule has 1 aliphatic heterocycles. The van der Waals surface area contributed by atoms with Crippen molar-refractivity contribution >= 4 is 0 Å². The number of nitrogens with zero attached hydrogens (tertiary/aromatic N) is 3. The average Bonchev–Trinajstić information content (AvgIpc) is 2.36. The lowest BCUT2D eigenvalue weighted by atomic mass is 9.98. The van der Waals surface area contributed by atoms with Crippen LogP contribution in [0.25, 0.3) is 10.4 Å². The highest BCUT2D eigenvalue weighted by atomic mass is 16.7. The summed E-state index contributed by atoms with van der Waals surface area (Å²) < 4.78 is 20.9. The lowest BCUT2D eigenvalue weighted by Crippen LogP contribution is -2.60. The number of hydrogen-bond donors (Lipinski definition) is 1. The molecule has 0 amide bonds. The number of methoxy groups -OCH3 is 3. The molecule has 98 valence electrons. The summed E-state index contributed by atoms with van der Waals surface area (Å²) in [5.74, 6) is 0. The molecule has 0 aliphatic carbocycles. The molecule has 17 heavy (non-hydrogen) atoms. The zero-order valence-corrected chi connectivity index (χ0v) is 10.0. The molecule has 1 rings (SSSR count). The Hall–Kier alpha value is -0.890. The van der Waals surface area contributed by atoms with Crippen molar-refractivity contribution < 1.29 is 24.1 Å². The van der Waals surface area contributed by atoms with E-state index in [2.05, 4.69) is 10.0 Å². The first-order chi connectivity index (χ1) is 8.19. The summed E-state index contributed by atoms with van der Waals surface area (Å²) in [5, 5.41) is 13.4. The van der Waals surface area contributed by atoms with Gasteiger partial charge in [0.15, 0.2) is 6.29 Å². The maximum absolute atomic E-state index is 10.0. The van der Waals surface area contributed by atoms with Gasteiger partial charge in [0, 0.05) is 26.2 Å². The van der Waals surface area contributed by atoms with Crippen molar-refractivity contribution in [1.82, 2.24) is 0 Å². The first-order valence-electron chi connectivity index (χ1n) is 5.12. The smallest absolute Gasteiger partial charge is 0.186 e. The van der Waals surface area contributed by atoms with Gasteiger partial charge in [0.05, 0.1) is 12.6 Å². The first kappa shape index (κ1) is 14.2. The Morgan fingerprint density at radius 2 is 1.88 bits per heavy atom. The van der Waals surface area contributed by atoms with E-state index in [9.17, 15) is 5.11 Å². The van der Waals surface area contributed by atoms with Gasteiger partial charge in [0.2, 0.25) is 0 Å². The van der Waals surface area contributed by atoms with Crippen LogP contribution in [0.3, 0.4) is 0 Å². The molecule has 3 unspecified atom stereocenters. The number of azide groups is 1. The van der Waals surface area contributed by atoms with Crippen LogP contribution >= 0.6 is 0 Å². The number of aliphatic hydroxyl groups is 1. The lowest BCUT2D eigenvalue weighted by Gasteiger charge is -2.42. The molecule has 1 aliphatic rings. The van der Waals surface area contributed by atoms with E-state index in [1.807, 2.05) is 0 Å². The summed E-state index contributed by atoms with van der Waals surface area (Å²) in [5.41, 5.74) is 8.26. The maximum atomic E-state index is 10.0. The molecule has 5 atom stereocenters. The fraction of sp³-hybridized carbons (Fsp3) is 1.00. The number of ether oxygens (including phenoxy) is 4. The molecule has 0 bridgehead atoms. The molecule has 8 nitrogen and oxygen atoms in total. The van der Waals surface area contributed by atoms with Gasteiger partial charge in [-0.1, -0.05) is 5.11 Å². The van der Waals surface area contributed by atoms with Crippen LogP contribution in [0.2, 0.25) is 0 Å². The van der Waals surface area contributed by atoms with Crippen molar-refractivity contribution in [3.63, 3.8) is 0 Å². The number of hydrogen-bond acceptors (Lipinski definition) is 6. The normalized spacial score (nSPS) is 37.5. The van der Waals surface area contributed by atoms with E-state index in [1.165, 1.54) is 21.3 Å². The Balaban J connectivity index is 2.81. The van der Waals surface area contributed by atoms with Crippen LogP contribution in [-0.2, 0) is 18.9 Å². The minimum Gasteiger partial charge on any atom is -0.388 e. The second-order valence-electron chi connectivity index (χ2n) is 3.58. The highest BCUT2D eigenvalue weighted by Gasteiger charge is 2.45. The Kier molecular flexibility index (Phi) is 5.63. The molecule has 0 aromatic rings. The van der Waals surface area contributed by atoms with Crippen molar-refractivity contribution in [3.05, 3.63) is 10.4 Å². The SMILES string of the molecule is COC1C(OC)[C@@H](O)C(CN=[N+]=[N-])O[C@@H]1OC. The molecular weight excluding hydrogens is 230 g/mol. The fourth-order valence-electron chi connectivity index (χ4n) is 1.87. The van der Waals surface area contributed by atoms with E-state index in [0.717, 1.165) is 0 Å². The topological polar surface area (TPSA) is 106 Å². The lowest BCUT2D eigenvalue weighted by molar-refractivity contribution is -0.296. The van der Waals surface area contributed by atoms with Crippen LogP contribution in [0.5, 0.6) is 0 Å². The van der Waals surface area contributed by atoms with E-state index in [4.69, 9.17) is 24.5 Å². The molecule has 1 N–H and O–H groups in total. The molecule has 0 saturated carbocycles. The first-order valence-corrected chi connectivity index (χ1v) is 5.12. The molecular formula is C9H17N3O5. The van der Waals surface area contributed by atoms with E-state index in [0.29, 0.717) is 0 Å². The van der Waals surface area contributed by atoms with E-state index < -0.39 is 30.7 Å². The van der Waals surface area contributed by atoms with Crippen LogP contribution in [-0.4, -0.2) is 63.7 Å². The van der Waals surface area contributed by atoms with Gasteiger partial charge in [-0.2, -0.15) is 0 Å². The summed E-state index contributed by atoms with van der Waals surface area (Å²) in [7, 11) is 4.40. The molecule has 0 aromatic carbocycles. The Morgan fingerprint density at radius 1 is 1.24 bits per heavy atom. The third kappa shape index (κ3) is 3.06. The van der Waals surface area contributed by atoms with E-state index >= 15 is 0 Å². The molecule has 1 saturated heterocycles. The summed E-state index contributed by atoms with van der Waals surface area (Å²) in [6.07, 6.45) is -3.43. The van der Waals surface area contributed by atoms with Gasteiger partial charge in [0.25, 0.3) is 0 Å². The van der Waals surface area contributed by atoms with Gasteiger partial charge in [-0.3, -0.25) is 0 Å². The third-order valence-electron chi connectivity index (χ3n) is 2.72. The standard InChI is InChI=1S/C9H17N3O5/c1-14-7-6(13)5(4-11-12-10)17-9(16-3)8(7)15-2/h5-9,13H,4H2,1-3H3/t5?,6-,7?,8?,9-/m0/s1. The summed E-state index contributed by atoms with van der Waals surface area (Å²) in [6, 6.07) is 0. The second-order valence-corrected chi connectivity index (χ2v) is 3.58. The minimum absolute atomic E-state index is 0.00776. The monoisotopic (exact) mass is 247 g/mol. The van der Waals surface area contributed by atoms with Crippen LogP contribution in [0.4, 0.5) is 0 Å². The quantitative estimate of drug-likeness (QED) is 0.420. The fourth-order valence-corrected chi connectivity index (χ4v) is 1.87. The summed E-state index contributed by atoms with van der Waals surface area (Å²) in [6.45, 7) is 0.00776. The minimum atomic E-state index is -0.943. The molecule has 0 aromatic heterocycles. The zero-order valence-electron chi connectivity index (χ0n) is 10.0. The van der Waals surface area contributed by atoms with Crippen molar-refractivity contribution in [2.24, 2.45) is 5.11 Å². The van der Waals surface area contributed by atoms with Gasteiger partial charge in [0.1, 0.15) is 18.3 Å². The van der Waals surface area contributed by atoms with Gasteiger partial charge in [-0.15, -0.1) is 0 Å². The third-order valence-corrected chi connectivity index (χ3v) is 2.72. The predicted molar refractivity (Wildman–Crippen MR) is 57.3 cm³/mol. The zero-order chi connectivity index (χ0) is 12.8. The van der Waals surface area contributed by atoms with Crippen molar-refractivity contribution in [1.29, 1.82) is 0 Å². The van der Waals surface area contributed by atoms with Crippen molar-refractivity contribution in [2.75, 3.05) is 27.9 Å². The maximum Gasteiger partial charge on any atom is 0.186 e. The molecule has 1 heterocycles. The molecule has 8 heteroatoms. The van der Waals surface area contributed by atoms with Crippen LogP contribution in [0, 0.1) is 0 Å². The van der Waals surface area contributed by atoms with Gasteiger partial charge in [-0.05, 0) is 5.53 Å². The number of rotatable bonds is 5. The van der Waals surface area contributed by atoms with Crippen LogP contribution in [0.15, 0.2) is 5.11 Å². The van der Waals surface area contributed by atoms with E-state index in [1.54, 1.807) is 0 Å². The van der Waals surface area contributed by atoms with Crippen LogP contribution < -0.4 is 0 Å². The highest BCUT2D eigenvalue weighted by molar-refractivity contribution is 4.91. The summed E-state index contributed by atoms with van der Waals surface area (Å²) in [4.78, 5) is 2.63.